The minimum Gasteiger partial charge on any atom is -0.462 e. The van der Waals surface area contributed by atoms with Gasteiger partial charge in [-0.3, -0.25) is 0 Å². The van der Waals surface area contributed by atoms with E-state index in [1.165, 1.54) is 152 Å². The lowest BCUT2D eigenvalue weighted by molar-refractivity contribution is 0.0447. The molecule has 0 aliphatic carbocycles. The Balaban J connectivity index is 0.000000780. The molecule has 0 heterocycles. The zero-order valence-electron chi connectivity index (χ0n) is 50.1. The summed E-state index contributed by atoms with van der Waals surface area (Å²) >= 11 is 0. The molecule has 2 aromatic carbocycles. The standard InChI is InChI=1S/2C33H54O6/c2*1-4-7-10-13-16-19-24-37-31(34)28-22-23-29(32(35)38-25-20-17-14-11-8-5-2)30(27-28)33(36)39-26-21-18-15-12-9-6-3/h2*22-23,27H,4-21,24-26H2,1-3H3. The molecule has 12 nitrogen and oxygen atoms in total. The molecule has 0 unspecified atom stereocenters. The van der Waals surface area contributed by atoms with Crippen LogP contribution in [0.2, 0.25) is 0 Å². The summed E-state index contributed by atoms with van der Waals surface area (Å²) in [6.07, 6.45) is 39.1. The second-order valence-corrected chi connectivity index (χ2v) is 20.9. The first kappa shape index (κ1) is 71.3. The molecule has 2 aromatic rings. The van der Waals surface area contributed by atoms with E-state index in [2.05, 4.69) is 41.5 Å². The molecule has 0 bridgehead atoms. The van der Waals surface area contributed by atoms with Crippen LogP contribution in [0.15, 0.2) is 36.4 Å². The van der Waals surface area contributed by atoms with Crippen LogP contribution in [0.3, 0.4) is 0 Å². The Morgan fingerprint density at radius 2 is 0.410 bits per heavy atom. The van der Waals surface area contributed by atoms with Crippen LogP contribution in [0.4, 0.5) is 0 Å². The van der Waals surface area contributed by atoms with Crippen molar-refractivity contribution in [3.05, 3.63) is 69.8 Å². The Morgan fingerprint density at radius 1 is 0.231 bits per heavy atom. The van der Waals surface area contributed by atoms with Gasteiger partial charge in [-0.15, -0.1) is 0 Å². The number of carbonyl (C=O) groups is 6. The first-order valence-corrected chi connectivity index (χ1v) is 31.4. The van der Waals surface area contributed by atoms with Gasteiger partial charge in [-0.2, -0.15) is 0 Å². The van der Waals surface area contributed by atoms with Gasteiger partial charge in [0.2, 0.25) is 0 Å². The molecule has 0 radical (unpaired) electrons. The van der Waals surface area contributed by atoms with Gasteiger partial charge in [-0.25, -0.2) is 28.8 Å². The summed E-state index contributed by atoms with van der Waals surface area (Å²) in [5.74, 6) is -3.36. The van der Waals surface area contributed by atoms with Crippen molar-refractivity contribution in [1.29, 1.82) is 0 Å². The summed E-state index contributed by atoms with van der Waals surface area (Å²) in [7, 11) is 0. The van der Waals surface area contributed by atoms with Crippen molar-refractivity contribution in [1.82, 2.24) is 0 Å². The Kier molecular flexibility index (Phi) is 46.1. The highest BCUT2D eigenvalue weighted by atomic mass is 16.6. The van der Waals surface area contributed by atoms with Crippen molar-refractivity contribution < 1.29 is 57.2 Å². The van der Waals surface area contributed by atoms with Crippen molar-refractivity contribution >= 4 is 35.8 Å². The molecule has 0 amide bonds. The highest BCUT2D eigenvalue weighted by Crippen LogP contribution is 2.20. The molecule has 444 valence electrons. The highest BCUT2D eigenvalue weighted by molar-refractivity contribution is 6.06. The highest BCUT2D eigenvalue weighted by Gasteiger charge is 2.24. The predicted octanol–water partition coefficient (Wildman–Crippen LogP) is 18.5. The average molecular weight is 1090 g/mol. The second kappa shape index (κ2) is 50.5. The molecule has 0 atom stereocenters. The predicted molar refractivity (Wildman–Crippen MR) is 315 cm³/mol. The van der Waals surface area contributed by atoms with Crippen LogP contribution in [0.1, 0.15) is 335 Å². The van der Waals surface area contributed by atoms with Crippen molar-refractivity contribution in [2.75, 3.05) is 39.6 Å². The molecule has 0 aliphatic rings. The molecular formula is C66H108O12. The molecule has 0 aliphatic heterocycles. The molecule has 0 N–H and O–H groups in total. The van der Waals surface area contributed by atoms with Crippen molar-refractivity contribution in [3.8, 4) is 0 Å². The number of benzene rings is 2. The Morgan fingerprint density at radius 3 is 0.628 bits per heavy atom. The van der Waals surface area contributed by atoms with Gasteiger partial charge in [0.1, 0.15) is 0 Å². The van der Waals surface area contributed by atoms with Gasteiger partial charge < -0.3 is 28.4 Å². The number of unbranched alkanes of at least 4 members (excludes halogenated alkanes) is 30. The van der Waals surface area contributed by atoms with E-state index in [-0.39, 0.29) is 46.6 Å². The van der Waals surface area contributed by atoms with Gasteiger partial charge >= 0.3 is 35.8 Å². The third-order valence-corrected chi connectivity index (χ3v) is 13.8. The molecular weight excluding hydrogens is 985 g/mol. The van der Waals surface area contributed by atoms with Gasteiger partial charge in [-0.1, -0.05) is 234 Å². The largest absolute Gasteiger partial charge is 0.462 e. The van der Waals surface area contributed by atoms with Crippen molar-refractivity contribution in [3.63, 3.8) is 0 Å². The maximum Gasteiger partial charge on any atom is 0.339 e. The normalized spacial score (nSPS) is 10.8. The van der Waals surface area contributed by atoms with Crippen LogP contribution in [0.5, 0.6) is 0 Å². The minimum atomic E-state index is -0.611. The summed E-state index contributed by atoms with van der Waals surface area (Å²) in [6.45, 7) is 14.9. The van der Waals surface area contributed by atoms with Gasteiger partial charge in [0, 0.05) is 0 Å². The summed E-state index contributed by atoms with van der Waals surface area (Å²) in [5.41, 5.74) is 0.841. The van der Waals surface area contributed by atoms with Gasteiger partial charge in [0.05, 0.1) is 73.0 Å². The van der Waals surface area contributed by atoms with E-state index in [9.17, 15) is 28.8 Å². The lowest BCUT2D eigenvalue weighted by Gasteiger charge is -2.12. The van der Waals surface area contributed by atoms with E-state index in [4.69, 9.17) is 28.4 Å². The quantitative estimate of drug-likeness (QED) is 0.0351. The van der Waals surface area contributed by atoms with Crippen LogP contribution in [0, 0.1) is 0 Å². The topological polar surface area (TPSA) is 158 Å². The number of ether oxygens (including phenoxy) is 6. The fraction of sp³-hybridized carbons (Fsp3) is 0.727. The first-order valence-electron chi connectivity index (χ1n) is 31.4. The molecule has 0 fully saturated rings. The van der Waals surface area contributed by atoms with Crippen LogP contribution in [-0.2, 0) is 28.4 Å². The van der Waals surface area contributed by atoms with Crippen molar-refractivity contribution in [2.45, 2.75) is 273 Å². The zero-order valence-corrected chi connectivity index (χ0v) is 50.1. The average Bonchev–Trinajstić information content (AvgIpc) is 3.47. The molecule has 78 heavy (non-hydrogen) atoms. The number of esters is 6. The van der Waals surface area contributed by atoms with Crippen LogP contribution in [-0.4, -0.2) is 75.5 Å². The van der Waals surface area contributed by atoms with Crippen molar-refractivity contribution in [2.24, 2.45) is 0 Å². The maximum absolute atomic E-state index is 13.0. The Labute approximate surface area is 473 Å². The minimum absolute atomic E-state index is 0.0583. The fourth-order valence-electron chi connectivity index (χ4n) is 8.80. The molecule has 0 saturated carbocycles. The number of carbonyl (C=O) groups excluding carboxylic acids is 6. The van der Waals surface area contributed by atoms with E-state index < -0.39 is 35.8 Å². The molecule has 2 rings (SSSR count). The first-order chi connectivity index (χ1) is 38.1. The number of rotatable bonds is 48. The fourth-order valence-corrected chi connectivity index (χ4v) is 8.80. The van der Waals surface area contributed by atoms with E-state index in [1.54, 1.807) is 0 Å². The monoisotopic (exact) mass is 1090 g/mol. The van der Waals surface area contributed by atoms with Gasteiger partial charge in [0.15, 0.2) is 0 Å². The molecule has 0 saturated heterocycles. The summed E-state index contributed by atoms with van der Waals surface area (Å²) in [4.78, 5) is 76.9. The van der Waals surface area contributed by atoms with E-state index >= 15 is 0 Å². The van der Waals surface area contributed by atoms with Crippen LogP contribution < -0.4 is 0 Å². The molecule has 12 heteroatoms. The zero-order chi connectivity index (χ0) is 57.1. The second-order valence-electron chi connectivity index (χ2n) is 20.9. The van der Waals surface area contributed by atoms with E-state index in [0.717, 1.165) is 116 Å². The molecule has 0 spiro atoms. The summed E-state index contributed by atoms with van der Waals surface area (Å²) < 4.78 is 32.8. The SMILES string of the molecule is CCCCCCCCOC(=O)c1ccc(C(=O)OCCCCCCCC)c(C(=O)OCCCCCCCC)c1.CCCCCCCCOC(=O)c1ccc(C(=O)OCCCCCCCC)c(C(=O)OCCCCCCCC)c1. The smallest absolute Gasteiger partial charge is 0.339 e. The van der Waals surface area contributed by atoms with Gasteiger partial charge in [-0.05, 0) is 74.9 Å². The van der Waals surface area contributed by atoms with E-state index in [0.29, 0.717) is 26.4 Å². The summed E-state index contributed by atoms with van der Waals surface area (Å²) in [6, 6.07) is 8.83. The van der Waals surface area contributed by atoms with Gasteiger partial charge in [0.25, 0.3) is 0 Å². The lowest BCUT2D eigenvalue weighted by atomic mass is 10.0. The third kappa shape index (κ3) is 35.7. The Bertz CT molecular complexity index is 1740. The number of hydrogen-bond donors (Lipinski definition) is 0. The van der Waals surface area contributed by atoms with Crippen LogP contribution in [0.25, 0.3) is 0 Å². The summed E-state index contributed by atoms with van der Waals surface area (Å²) in [5, 5.41) is 0. The van der Waals surface area contributed by atoms with Crippen LogP contribution >= 0.6 is 0 Å². The maximum atomic E-state index is 13.0. The Hall–Kier alpha value is -4.74. The third-order valence-electron chi connectivity index (χ3n) is 13.8. The molecule has 0 aromatic heterocycles. The van der Waals surface area contributed by atoms with E-state index in [1.807, 2.05) is 0 Å². The number of hydrogen-bond acceptors (Lipinski definition) is 12. The lowest BCUT2D eigenvalue weighted by Crippen LogP contribution is -2.17.